The Bertz CT molecular complexity index is 684. The number of carbonyl (C=O) groups excluding carboxylic acids is 2. The molecule has 0 unspecified atom stereocenters. The Morgan fingerprint density at radius 2 is 1.71 bits per heavy atom. The van der Waals surface area contributed by atoms with Crippen LogP contribution in [0.5, 0.6) is 0 Å². The van der Waals surface area contributed by atoms with Crippen molar-refractivity contribution in [1.29, 1.82) is 0 Å². The van der Waals surface area contributed by atoms with E-state index in [0.717, 1.165) is 26.2 Å². The van der Waals surface area contributed by atoms with Crippen LogP contribution in [0.15, 0.2) is 24.3 Å². The van der Waals surface area contributed by atoms with Gasteiger partial charge in [0.2, 0.25) is 0 Å². The zero-order valence-electron chi connectivity index (χ0n) is 16.7. The molecule has 2 fully saturated rings. The Morgan fingerprint density at radius 3 is 2.32 bits per heavy atom. The van der Waals surface area contributed by atoms with Gasteiger partial charge in [0.1, 0.15) is 32.0 Å². The molecule has 2 amide bonds. The number of benzene rings is 1. The lowest BCUT2D eigenvalue weighted by Gasteiger charge is -2.36. The lowest BCUT2D eigenvalue weighted by Crippen LogP contribution is -3.28. The number of amides is 2. The third-order valence-electron chi connectivity index (χ3n) is 5.36. The van der Waals surface area contributed by atoms with E-state index in [1.165, 1.54) is 21.9 Å². The summed E-state index contributed by atoms with van der Waals surface area (Å²) in [5, 5.41) is 2.75. The predicted octanol–water partition coefficient (Wildman–Crippen LogP) is -1.82. The fourth-order valence-corrected chi connectivity index (χ4v) is 4.02. The van der Waals surface area contributed by atoms with Crippen molar-refractivity contribution >= 4 is 17.5 Å². The Morgan fingerprint density at radius 1 is 1.11 bits per heavy atom. The van der Waals surface area contributed by atoms with Gasteiger partial charge in [-0.15, -0.1) is 0 Å². The molecule has 0 saturated carbocycles. The van der Waals surface area contributed by atoms with Crippen LogP contribution in [0.3, 0.4) is 0 Å². The fraction of sp³-hybridized carbons (Fsp3) is 0.600. The zero-order valence-corrected chi connectivity index (χ0v) is 16.7. The highest BCUT2D eigenvalue weighted by Crippen LogP contribution is 2.10. The number of hydrogen-bond donors (Lipinski definition) is 3. The van der Waals surface area contributed by atoms with Gasteiger partial charge in [0.25, 0.3) is 11.8 Å². The van der Waals surface area contributed by atoms with Crippen molar-refractivity contribution in [2.45, 2.75) is 26.1 Å². The Labute approximate surface area is 165 Å². The SMILES string of the molecule is C[C@@H]1CN(C(=O)C[NH+]2CC[NH+](CC(=O)Nc3cccc(F)c3)CC2)C[C@@H](C)O1. The smallest absolute Gasteiger partial charge is 0.279 e. The van der Waals surface area contributed by atoms with Crippen molar-refractivity contribution in [2.24, 2.45) is 0 Å². The van der Waals surface area contributed by atoms with E-state index >= 15 is 0 Å². The largest absolute Gasteiger partial charge is 0.372 e. The van der Waals surface area contributed by atoms with Crippen LogP contribution in [0.4, 0.5) is 10.1 Å². The van der Waals surface area contributed by atoms with Crippen LogP contribution in [0, 0.1) is 5.82 Å². The summed E-state index contributed by atoms with van der Waals surface area (Å²) in [6.45, 7) is 9.60. The molecule has 3 rings (SSSR count). The van der Waals surface area contributed by atoms with Crippen molar-refractivity contribution in [3.8, 4) is 0 Å². The molecule has 2 heterocycles. The summed E-state index contributed by atoms with van der Waals surface area (Å²) in [5.41, 5.74) is 0.480. The van der Waals surface area contributed by atoms with Crippen molar-refractivity contribution in [2.75, 3.05) is 57.7 Å². The molecule has 28 heavy (non-hydrogen) atoms. The summed E-state index contributed by atoms with van der Waals surface area (Å²) in [6.07, 6.45) is 0.168. The molecule has 2 aliphatic rings. The number of nitrogens with zero attached hydrogens (tertiary/aromatic N) is 1. The predicted molar refractivity (Wildman–Crippen MR) is 103 cm³/mol. The molecule has 3 N–H and O–H groups in total. The molecule has 0 bridgehead atoms. The van der Waals surface area contributed by atoms with Crippen molar-refractivity contribution in [1.82, 2.24) is 4.90 Å². The second-order valence-corrected chi connectivity index (χ2v) is 7.97. The second kappa shape index (κ2) is 9.45. The van der Waals surface area contributed by atoms with Gasteiger partial charge in [-0.1, -0.05) is 6.07 Å². The van der Waals surface area contributed by atoms with Crippen LogP contribution in [-0.2, 0) is 14.3 Å². The maximum atomic E-state index is 13.2. The normalized spacial score (nSPS) is 28.0. The van der Waals surface area contributed by atoms with Gasteiger partial charge in [0.15, 0.2) is 13.1 Å². The number of ether oxygens (including phenoxy) is 1. The van der Waals surface area contributed by atoms with E-state index in [9.17, 15) is 14.0 Å². The molecule has 0 aromatic heterocycles. The monoisotopic (exact) mass is 394 g/mol. The van der Waals surface area contributed by atoms with Crippen LogP contribution in [-0.4, -0.2) is 81.3 Å². The summed E-state index contributed by atoms with van der Waals surface area (Å²) in [7, 11) is 0. The van der Waals surface area contributed by atoms with Gasteiger partial charge in [-0.3, -0.25) is 9.59 Å². The Hall–Kier alpha value is -2.03. The maximum absolute atomic E-state index is 13.2. The molecule has 7 nitrogen and oxygen atoms in total. The highest BCUT2D eigenvalue weighted by Gasteiger charge is 2.31. The second-order valence-electron chi connectivity index (χ2n) is 7.97. The summed E-state index contributed by atoms with van der Waals surface area (Å²) in [5.74, 6) is -0.295. The minimum absolute atomic E-state index is 0.0839. The third kappa shape index (κ3) is 5.98. The molecule has 1 aromatic rings. The highest BCUT2D eigenvalue weighted by atomic mass is 19.1. The average Bonchev–Trinajstić information content (AvgIpc) is 2.62. The average molecular weight is 394 g/mol. The highest BCUT2D eigenvalue weighted by molar-refractivity contribution is 5.91. The summed E-state index contributed by atoms with van der Waals surface area (Å²) in [6, 6.07) is 5.92. The van der Waals surface area contributed by atoms with Crippen LogP contribution in [0.2, 0.25) is 0 Å². The van der Waals surface area contributed by atoms with Gasteiger partial charge in [-0.05, 0) is 32.0 Å². The third-order valence-corrected chi connectivity index (χ3v) is 5.36. The number of nitrogens with one attached hydrogen (secondary N) is 3. The summed E-state index contributed by atoms with van der Waals surface area (Å²) in [4.78, 5) is 29.2. The standard InChI is InChI=1S/C20H29FN4O3/c1-15-11-25(12-16(2)28-15)20(27)14-24-8-6-23(7-9-24)13-19(26)22-18-5-3-4-17(21)10-18/h3-5,10,15-16H,6-9,11-14H2,1-2H3,(H,22,26)/p+2/t15-,16-/m1/s1. The van der Waals surface area contributed by atoms with Gasteiger partial charge in [-0.2, -0.15) is 0 Å². The van der Waals surface area contributed by atoms with E-state index < -0.39 is 0 Å². The quantitative estimate of drug-likeness (QED) is 0.551. The van der Waals surface area contributed by atoms with E-state index in [4.69, 9.17) is 4.74 Å². The molecule has 0 aliphatic carbocycles. The fourth-order valence-electron chi connectivity index (χ4n) is 4.02. The molecule has 1 aromatic carbocycles. The van der Waals surface area contributed by atoms with Gasteiger partial charge in [-0.25, -0.2) is 4.39 Å². The molecule has 154 valence electrons. The minimum Gasteiger partial charge on any atom is -0.372 e. The van der Waals surface area contributed by atoms with Gasteiger partial charge >= 0.3 is 0 Å². The first-order valence-corrected chi connectivity index (χ1v) is 10.0. The molecular weight excluding hydrogens is 363 g/mol. The molecule has 2 saturated heterocycles. The molecule has 0 radical (unpaired) electrons. The first kappa shape index (κ1) is 20.7. The molecule has 2 atom stereocenters. The lowest BCUT2D eigenvalue weighted by molar-refractivity contribution is -1.00. The van der Waals surface area contributed by atoms with Crippen LogP contribution in [0.25, 0.3) is 0 Å². The molecule has 2 aliphatic heterocycles. The van der Waals surface area contributed by atoms with Crippen LogP contribution < -0.4 is 15.1 Å². The molecular formula is C20H31FN4O3+2. The number of anilines is 1. The zero-order chi connectivity index (χ0) is 20.1. The Kier molecular flexibility index (Phi) is 6.98. The number of quaternary nitrogens is 2. The van der Waals surface area contributed by atoms with Crippen LogP contribution in [0.1, 0.15) is 13.8 Å². The van der Waals surface area contributed by atoms with Gasteiger partial charge in [0.05, 0.1) is 12.2 Å². The number of rotatable bonds is 5. The van der Waals surface area contributed by atoms with Crippen LogP contribution >= 0.6 is 0 Å². The number of carbonyl (C=O) groups is 2. The van der Waals surface area contributed by atoms with E-state index in [0.29, 0.717) is 31.9 Å². The van der Waals surface area contributed by atoms with E-state index in [-0.39, 0.29) is 29.8 Å². The summed E-state index contributed by atoms with van der Waals surface area (Å²) >= 11 is 0. The first-order valence-electron chi connectivity index (χ1n) is 10.0. The Balaban J connectivity index is 1.39. The topological polar surface area (TPSA) is 67.5 Å². The van der Waals surface area contributed by atoms with Crippen molar-refractivity contribution in [3.05, 3.63) is 30.1 Å². The van der Waals surface area contributed by atoms with E-state index in [1.807, 2.05) is 18.7 Å². The summed E-state index contributed by atoms with van der Waals surface area (Å²) < 4.78 is 18.9. The minimum atomic E-state index is -0.365. The van der Waals surface area contributed by atoms with E-state index in [1.54, 1.807) is 12.1 Å². The van der Waals surface area contributed by atoms with Gasteiger partial charge < -0.3 is 24.8 Å². The molecule has 0 spiro atoms. The maximum Gasteiger partial charge on any atom is 0.279 e. The van der Waals surface area contributed by atoms with E-state index in [2.05, 4.69) is 5.32 Å². The van der Waals surface area contributed by atoms with Gasteiger partial charge in [0, 0.05) is 18.8 Å². The van der Waals surface area contributed by atoms with Crippen molar-refractivity contribution in [3.63, 3.8) is 0 Å². The molecule has 8 heteroatoms. The first-order chi connectivity index (χ1) is 13.4. The number of halogens is 1. The number of morpholine rings is 1. The number of hydrogen-bond acceptors (Lipinski definition) is 3. The van der Waals surface area contributed by atoms with Crippen molar-refractivity contribution < 1.29 is 28.5 Å². The number of piperazine rings is 1. The lowest BCUT2D eigenvalue weighted by atomic mass is 10.2.